The van der Waals surface area contributed by atoms with Crippen molar-refractivity contribution in [2.45, 2.75) is 11.3 Å². The molecule has 0 saturated heterocycles. The number of halogens is 1. The fourth-order valence-electron chi connectivity index (χ4n) is 1.59. The molecule has 2 aromatic heterocycles. The highest BCUT2D eigenvalue weighted by molar-refractivity contribution is 9.10. The number of thiophene rings is 1. The van der Waals surface area contributed by atoms with E-state index in [4.69, 9.17) is 4.74 Å². The van der Waals surface area contributed by atoms with E-state index < -0.39 is 0 Å². The Morgan fingerprint density at radius 2 is 2.33 bits per heavy atom. The highest BCUT2D eigenvalue weighted by Gasteiger charge is 2.07. The molecule has 0 spiro atoms. The molecule has 2 rings (SSSR count). The van der Waals surface area contributed by atoms with Crippen molar-refractivity contribution in [2.24, 2.45) is 0 Å². The Balaban J connectivity index is 1.93. The lowest BCUT2D eigenvalue weighted by Gasteiger charge is -2.13. The van der Waals surface area contributed by atoms with Crippen molar-refractivity contribution < 1.29 is 4.74 Å². The fraction of sp³-hybridized carbons (Fsp3) is 0.357. The average Bonchev–Trinajstić information content (AvgIpc) is 2.96. The molecule has 114 valence electrons. The van der Waals surface area contributed by atoms with Gasteiger partial charge in [0, 0.05) is 27.5 Å². The van der Waals surface area contributed by atoms with E-state index in [0.717, 1.165) is 23.1 Å². The summed E-state index contributed by atoms with van der Waals surface area (Å²) in [7, 11) is 4.12. The molecular formula is C14H18BrN3OS2. The van der Waals surface area contributed by atoms with Crippen LogP contribution in [-0.4, -0.2) is 37.1 Å². The van der Waals surface area contributed by atoms with Gasteiger partial charge in [-0.1, -0.05) is 0 Å². The largest absolute Gasteiger partial charge is 0.476 e. The normalized spacial score (nSPS) is 10.9. The molecule has 0 aliphatic carbocycles. The molecule has 0 amide bonds. The lowest BCUT2D eigenvalue weighted by molar-refractivity contribution is 0.274. The minimum absolute atomic E-state index is 0.639. The Kier molecular flexibility index (Phi) is 6.82. The van der Waals surface area contributed by atoms with Gasteiger partial charge in [0.05, 0.1) is 6.61 Å². The Hall–Kier alpha value is -0.760. The molecule has 0 bridgehead atoms. The van der Waals surface area contributed by atoms with E-state index in [1.165, 1.54) is 4.90 Å². The highest BCUT2D eigenvalue weighted by Crippen LogP contribution is 2.30. The predicted octanol–water partition coefficient (Wildman–Crippen LogP) is 4.36. The highest BCUT2D eigenvalue weighted by atomic mass is 79.9. The standard InChI is InChI=1S/C14H18BrN3OS2/c1-18(2)5-3-6-19-14-13(8-11(15)9-16-14)17-21-12-4-7-20-10-12/h4,7-10,17H,3,5-6H2,1-2H3. The first kappa shape index (κ1) is 16.6. The molecule has 1 N–H and O–H groups in total. The monoisotopic (exact) mass is 387 g/mol. The summed E-state index contributed by atoms with van der Waals surface area (Å²) in [4.78, 5) is 7.66. The van der Waals surface area contributed by atoms with E-state index in [1.54, 1.807) is 29.5 Å². The van der Waals surface area contributed by atoms with Crippen LogP contribution in [0.4, 0.5) is 5.69 Å². The molecule has 7 heteroatoms. The van der Waals surface area contributed by atoms with Gasteiger partial charge in [-0.25, -0.2) is 4.98 Å². The third-order valence-corrected chi connectivity index (χ3v) is 4.66. The van der Waals surface area contributed by atoms with Crippen molar-refractivity contribution in [2.75, 3.05) is 32.0 Å². The molecule has 0 unspecified atom stereocenters. The van der Waals surface area contributed by atoms with Gasteiger partial charge in [-0.2, -0.15) is 11.3 Å². The van der Waals surface area contributed by atoms with Crippen LogP contribution in [0, 0.1) is 0 Å². The number of hydrogen-bond acceptors (Lipinski definition) is 6. The minimum atomic E-state index is 0.639. The first-order valence-electron chi connectivity index (χ1n) is 6.53. The molecule has 0 aliphatic rings. The average molecular weight is 388 g/mol. The third kappa shape index (κ3) is 5.86. The molecule has 2 heterocycles. The van der Waals surface area contributed by atoms with Gasteiger partial charge in [-0.15, -0.1) is 0 Å². The molecule has 0 aliphatic heterocycles. The smallest absolute Gasteiger partial charge is 0.238 e. The minimum Gasteiger partial charge on any atom is -0.476 e. The van der Waals surface area contributed by atoms with Crippen LogP contribution in [0.1, 0.15) is 6.42 Å². The Morgan fingerprint density at radius 3 is 3.05 bits per heavy atom. The van der Waals surface area contributed by atoms with E-state index in [-0.39, 0.29) is 0 Å². The van der Waals surface area contributed by atoms with Crippen LogP contribution < -0.4 is 9.46 Å². The number of pyridine rings is 1. The fourth-order valence-corrected chi connectivity index (χ4v) is 3.39. The van der Waals surface area contributed by atoms with E-state index in [9.17, 15) is 0 Å². The second-order valence-corrected chi connectivity index (χ2v) is 7.25. The van der Waals surface area contributed by atoms with Crippen LogP contribution in [0.25, 0.3) is 0 Å². The summed E-state index contributed by atoms with van der Waals surface area (Å²) >= 11 is 6.68. The Morgan fingerprint density at radius 1 is 1.48 bits per heavy atom. The van der Waals surface area contributed by atoms with Crippen LogP contribution in [0.5, 0.6) is 5.88 Å². The van der Waals surface area contributed by atoms with E-state index in [2.05, 4.69) is 61.5 Å². The van der Waals surface area contributed by atoms with Crippen LogP contribution in [0.2, 0.25) is 0 Å². The van der Waals surface area contributed by atoms with Crippen molar-refractivity contribution in [3.8, 4) is 5.88 Å². The molecule has 0 radical (unpaired) electrons. The summed E-state index contributed by atoms with van der Waals surface area (Å²) in [6.07, 6.45) is 2.73. The molecule has 21 heavy (non-hydrogen) atoms. The van der Waals surface area contributed by atoms with Gasteiger partial charge in [-0.05, 0) is 65.9 Å². The molecule has 0 saturated carbocycles. The first-order valence-corrected chi connectivity index (χ1v) is 9.08. The summed E-state index contributed by atoms with van der Waals surface area (Å²) < 4.78 is 10.0. The van der Waals surface area contributed by atoms with Crippen LogP contribution in [-0.2, 0) is 0 Å². The molecule has 0 aromatic carbocycles. The first-order chi connectivity index (χ1) is 10.1. The summed E-state index contributed by atoms with van der Waals surface area (Å²) in [5, 5.41) is 4.16. The quantitative estimate of drug-likeness (QED) is 0.537. The Labute approximate surface area is 142 Å². The van der Waals surface area contributed by atoms with Gasteiger partial charge in [0.1, 0.15) is 5.69 Å². The van der Waals surface area contributed by atoms with Gasteiger partial charge in [0.25, 0.3) is 0 Å². The maximum Gasteiger partial charge on any atom is 0.238 e. The van der Waals surface area contributed by atoms with Crippen molar-refractivity contribution in [3.63, 3.8) is 0 Å². The van der Waals surface area contributed by atoms with Gasteiger partial charge in [0.2, 0.25) is 5.88 Å². The third-order valence-electron chi connectivity index (χ3n) is 2.58. The number of rotatable bonds is 8. The lowest BCUT2D eigenvalue weighted by atomic mass is 10.4. The Bertz CT molecular complexity index is 549. The van der Waals surface area contributed by atoms with Gasteiger partial charge in [0.15, 0.2) is 0 Å². The van der Waals surface area contributed by atoms with E-state index in [0.29, 0.717) is 12.5 Å². The van der Waals surface area contributed by atoms with Crippen molar-refractivity contribution in [1.82, 2.24) is 9.88 Å². The van der Waals surface area contributed by atoms with Crippen LogP contribution >= 0.6 is 39.2 Å². The van der Waals surface area contributed by atoms with Crippen LogP contribution in [0.15, 0.2) is 38.5 Å². The number of anilines is 1. The maximum absolute atomic E-state index is 5.78. The van der Waals surface area contributed by atoms with Gasteiger partial charge >= 0.3 is 0 Å². The number of aromatic nitrogens is 1. The zero-order chi connectivity index (χ0) is 15.1. The van der Waals surface area contributed by atoms with Gasteiger partial charge < -0.3 is 14.4 Å². The topological polar surface area (TPSA) is 37.4 Å². The lowest BCUT2D eigenvalue weighted by Crippen LogP contribution is -2.15. The van der Waals surface area contributed by atoms with Crippen molar-refractivity contribution in [3.05, 3.63) is 33.6 Å². The van der Waals surface area contributed by atoms with Gasteiger partial charge in [-0.3, -0.25) is 0 Å². The summed E-state index contributed by atoms with van der Waals surface area (Å²) in [5.74, 6) is 0.639. The van der Waals surface area contributed by atoms with E-state index in [1.807, 2.05) is 6.07 Å². The molecule has 2 aromatic rings. The molecule has 0 atom stereocenters. The second kappa shape index (κ2) is 8.63. The predicted molar refractivity (Wildman–Crippen MR) is 94.4 cm³/mol. The SMILES string of the molecule is CN(C)CCCOc1ncc(Br)cc1NSc1ccsc1. The van der Waals surface area contributed by atoms with Crippen molar-refractivity contribution >= 4 is 44.9 Å². The van der Waals surface area contributed by atoms with E-state index >= 15 is 0 Å². The zero-order valence-corrected chi connectivity index (χ0v) is 15.2. The summed E-state index contributed by atoms with van der Waals surface area (Å²) in [6.45, 7) is 1.66. The second-order valence-electron chi connectivity index (χ2n) is 4.67. The number of ether oxygens (including phenoxy) is 1. The molecular weight excluding hydrogens is 370 g/mol. The zero-order valence-electron chi connectivity index (χ0n) is 12.0. The van der Waals surface area contributed by atoms with Crippen LogP contribution in [0.3, 0.4) is 0 Å². The number of hydrogen-bond donors (Lipinski definition) is 1. The number of nitrogens with zero attached hydrogens (tertiary/aromatic N) is 2. The molecule has 4 nitrogen and oxygen atoms in total. The maximum atomic E-state index is 5.78. The summed E-state index contributed by atoms with van der Waals surface area (Å²) in [6, 6.07) is 4.05. The van der Waals surface area contributed by atoms with Crippen molar-refractivity contribution in [1.29, 1.82) is 0 Å². The summed E-state index contributed by atoms with van der Waals surface area (Å²) in [5.41, 5.74) is 0.880. The molecule has 0 fully saturated rings. The number of nitrogens with one attached hydrogen (secondary N) is 1.